The van der Waals surface area contributed by atoms with Crippen LogP contribution in [0, 0.1) is 0 Å². The molecule has 1 heterocycles. The van der Waals surface area contributed by atoms with Gasteiger partial charge >= 0.3 is 5.97 Å². The fourth-order valence-electron chi connectivity index (χ4n) is 2.30. The summed E-state index contributed by atoms with van der Waals surface area (Å²) < 4.78 is 4.73. The number of carbonyl (C=O) groups is 2. The van der Waals surface area contributed by atoms with Crippen LogP contribution in [0.4, 0.5) is 0 Å². The van der Waals surface area contributed by atoms with Crippen LogP contribution in [0.2, 0.25) is 0 Å². The Morgan fingerprint density at radius 2 is 2.13 bits per heavy atom. The summed E-state index contributed by atoms with van der Waals surface area (Å²) in [5, 5.41) is 30.0. The molecule has 0 aliphatic heterocycles. The van der Waals surface area contributed by atoms with Crippen molar-refractivity contribution in [3.05, 3.63) is 29.5 Å². The fourth-order valence-corrected chi connectivity index (χ4v) is 2.30. The number of aliphatic hydroxyl groups is 2. The molecule has 124 valence electrons. The third-order valence-corrected chi connectivity index (χ3v) is 3.51. The molecule has 2 aromatic rings. The number of benzene rings is 1. The van der Waals surface area contributed by atoms with Crippen molar-refractivity contribution >= 4 is 22.8 Å². The number of hydrogen-bond acceptors (Lipinski definition) is 6. The Morgan fingerprint density at radius 1 is 1.39 bits per heavy atom. The molecule has 23 heavy (non-hydrogen) atoms. The molecule has 1 aromatic heterocycles. The molecular weight excluding hydrogens is 302 g/mol. The SMILES string of the molecule is COC(=O)c1cc(C(O)C(O)CCNC(C)=O)cc2[nH]ncc12. The van der Waals surface area contributed by atoms with Crippen molar-refractivity contribution in [1.29, 1.82) is 0 Å². The van der Waals surface area contributed by atoms with Crippen molar-refractivity contribution in [2.45, 2.75) is 25.6 Å². The molecular formula is C15H19N3O5. The number of nitrogens with zero attached hydrogens (tertiary/aromatic N) is 1. The van der Waals surface area contributed by atoms with Gasteiger partial charge in [-0.25, -0.2) is 4.79 Å². The molecule has 2 rings (SSSR count). The summed E-state index contributed by atoms with van der Waals surface area (Å²) in [6.07, 6.45) is -0.632. The third-order valence-electron chi connectivity index (χ3n) is 3.51. The van der Waals surface area contributed by atoms with Gasteiger partial charge in [-0.15, -0.1) is 0 Å². The lowest BCUT2D eigenvalue weighted by molar-refractivity contribution is -0.119. The zero-order valence-corrected chi connectivity index (χ0v) is 12.9. The monoisotopic (exact) mass is 321 g/mol. The number of esters is 1. The van der Waals surface area contributed by atoms with E-state index in [1.807, 2.05) is 0 Å². The molecule has 0 aliphatic rings. The quantitative estimate of drug-likeness (QED) is 0.566. The van der Waals surface area contributed by atoms with Crippen molar-refractivity contribution in [1.82, 2.24) is 15.5 Å². The highest BCUT2D eigenvalue weighted by Gasteiger charge is 2.22. The van der Waals surface area contributed by atoms with E-state index < -0.39 is 18.2 Å². The number of carbonyl (C=O) groups excluding carboxylic acids is 2. The molecule has 1 amide bonds. The Kier molecular flexibility index (Phi) is 5.30. The van der Waals surface area contributed by atoms with Crippen molar-refractivity contribution in [3.63, 3.8) is 0 Å². The molecule has 1 aromatic carbocycles. The smallest absolute Gasteiger partial charge is 0.338 e. The largest absolute Gasteiger partial charge is 0.465 e. The second kappa shape index (κ2) is 7.21. The first-order chi connectivity index (χ1) is 10.9. The van der Waals surface area contributed by atoms with E-state index in [9.17, 15) is 19.8 Å². The predicted molar refractivity (Wildman–Crippen MR) is 81.7 cm³/mol. The highest BCUT2D eigenvalue weighted by Crippen LogP contribution is 2.26. The van der Waals surface area contributed by atoms with Crippen LogP contribution >= 0.6 is 0 Å². The minimum absolute atomic E-state index is 0.176. The van der Waals surface area contributed by atoms with E-state index >= 15 is 0 Å². The fraction of sp³-hybridized carbons (Fsp3) is 0.400. The van der Waals surface area contributed by atoms with E-state index in [0.717, 1.165) is 0 Å². The first kappa shape index (κ1) is 16.9. The maximum Gasteiger partial charge on any atom is 0.338 e. The lowest BCUT2D eigenvalue weighted by Gasteiger charge is -2.19. The van der Waals surface area contributed by atoms with E-state index in [4.69, 9.17) is 4.74 Å². The van der Waals surface area contributed by atoms with Gasteiger partial charge in [0.05, 0.1) is 30.5 Å². The van der Waals surface area contributed by atoms with Gasteiger partial charge in [0.15, 0.2) is 0 Å². The van der Waals surface area contributed by atoms with Crippen LogP contribution in [-0.4, -0.2) is 52.0 Å². The summed E-state index contributed by atoms with van der Waals surface area (Å²) in [5.41, 5.74) is 1.16. The Hall–Kier alpha value is -2.45. The average molecular weight is 321 g/mol. The summed E-state index contributed by atoms with van der Waals surface area (Å²) in [7, 11) is 1.26. The molecule has 0 radical (unpaired) electrons. The lowest BCUT2D eigenvalue weighted by atomic mass is 9.98. The number of fused-ring (bicyclic) bond motifs is 1. The van der Waals surface area contributed by atoms with Gasteiger partial charge < -0.3 is 20.3 Å². The second-order valence-electron chi connectivity index (χ2n) is 5.18. The van der Waals surface area contributed by atoms with Gasteiger partial charge in [0.1, 0.15) is 6.10 Å². The molecule has 8 heteroatoms. The van der Waals surface area contributed by atoms with E-state index in [1.54, 1.807) is 6.07 Å². The third kappa shape index (κ3) is 3.85. The van der Waals surface area contributed by atoms with Crippen molar-refractivity contribution in [3.8, 4) is 0 Å². The van der Waals surface area contributed by atoms with E-state index in [2.05, 4.69) is 15.5 Å². The van der Waals surface area contributed by atoms with Crippen molar-refractivity contribution in [2.75, 3.05) is 13.7 Å². The van der Waals surface area contributed by atoms with Gasteiger partial charge in [-0.3, -0.25) is 9.89 Å². The van der Waals surface area contributed by atoms with Crippen molar-refractivity contribution in [2.24, 2.45) is 0 Å². The molecule has 0 aliphatic carbocycles. The number of hydrogen-bond donors (Lipinski definition) is 4. The van der Waals surface area contributed by atoms with Crippen LogP contribution in [0.15, 0.2) is 18.3 Å². The number of amides is 1. The van der Waals surface area contributed by atoms with E-state index in [-0.39, 0.29) is 24.4 Å². The number of nitrogens with one attached hydrogen (secondary N) is 2. The molecule has 0 bridgehead atoms. The van der Waals surface area contributed by atoms with E-state index in [0.29, 0.717) is 16.5 Å². The van der Waals surface area contributed by atoms with Gasteiger partial charge in [0, 0.05) is 18.9 Å². The number of aromatic amines is 1. The molecule has 0 saturated carbocycles. The normalized spacial score (nSPS) is 13.6. The first-order valence-corrected chi connectivity index (χ1v) is 7.10. The maximum absolute atomic E-state index is 11.9. The van der Waals surface area contributed by atoms with Crippen LogP contribution < -0.4 is 5.32 Å². The van der Waals surface area contributed by atoms with E-state index in [1.165, 1.54) is 26.3 Å². The Bertz CT molecular complexity index is 712. The average Bonchev–Trinajstić information content (AvgIpc) is 3.00. The zero-order chi connectivity index (χ0) is 17.0. The number of rotatable bonds is 6. The molecule has 2 unspecified atom stereocenters. The predicted octanol–water partition coefficient (Wildman–Crippen LogP) is 0.270. The standard InChI is InChI=1S/C15H19N3O5/c1-8(19)16-4-3-13(20)14(21)9-5-10(15(22)23-2)11-7-17-18-12(11)6-9/h5-7,13-14,20-21H,3-4H2,1-2H3,(H,16,19)(H,17,18). The van der Waals surface area contributed by atoms with Crippen LogP contribution in [0.3, 0.4) is 0 Å². The first-order valence-electron chi connectivity index (χ1n) is 7.10. The van der Waals surface area contributed by atoms with Gasteiger partial charge in [-0.2, -0.15) is 5.10 Å². The minimum atomic E-state index is -1.21. The van der Waals surface area contributed by atoms with Crippen LogP contribution in [0.5, 0.6) is 0 Å². The summed E-state index contributed by atoms with van der Waals surface area (Å²) in [4.78, 5) is 22.7. The Balaban J connectivity index is 2.24. The van der Waals surface area contributed by atoms with Crippen LogP contribution in [0.25, 0.3) is 10.9 Å². The summed E-state index contributed by atoms with van der Waals surface area (Å²) in [5.74, 6) is -0.767. The van der Waals surface area contributed by atoms with Crippen LogP contribution in [-0.2, 0) is 9.53 Å². The highest BCUT2D eigenvalue weighted by atomic mass is 16.5. The summed E-state index contributed by atoms with van der Waals surface area (Å²) in [6, 6.07) is 3.08. The molecule has 0 fully saturated rings. The Labute approximate surface area is 132 Å². The van der Waals surface area contributed by atoms with Crippen molar-refractivity contribution < 1.29 is 24.5 Å². The number of methoxy groups -OCH3 is 1. The molecule has 0 saturated heterocycles. The zero-order valence-electron chi connectivity index (χ0n) is 12.9. The molecule has 0 spiro atoms. The number of ether oxygens (including phenoxy) is 1. The minimum Gasteiger partial charge on any atom is -0.465 e. The molecule has 8 nitrogen and oxygen atoms in total. The molecule has 2 atom stereocenters. The highest BCUT2D eigenvalue weighted by molar-refractivity contribution is 6.03. The topological polar surface area (TPSA) is 125 Å². The second-order valence-corrected chi connectivity index (χ2v) is 5.18. The van der Waals surface area contributed by atoms with Gasteiger partial charge in [0.25, 0.3) is 0 Å². The summed E-state index contributed by atoms with van der Waals surface area (Å²) in [6.45, 7) is 1.61. The number of H-pyrrole nitrogens is 1. The lowest BCUT2D eigenvalue weighted by Crippen LogP contribution is -2.27. The van der Waals surface area contributed by atoms with Crippen LogP contribution in [0.1, 0.15) is 35.4 Å². The number of aromatic nitrogens is 2. The van der Waals surface area contributed by atoms with Gasteiger partial charge in [0.2, 0.25) is 5.91 Å². The summed E-state index contributed by atoms with van der Waals surface area (Å²) >= 11 is 0. The maximum atomic E-state index is 11.9. The van der Waals surface area contributed by atoms with Gasteiger partial charge in [-0.05, 0) is 24.1 Å². The molecule has 4 N–H and O–H groups in total. The number of aliphatic hydroxyl groups excluding tert-OH is 2. The Morgan fingerprint density at radius 3 is 2.78 bits per heavy atom. The van der Waals surface area contributed by atoms with Gasteiger partial charge in [-0.1, -0.05) is 0 Å².